The van der Waals surface area contributed by atoms with E-state index in [-0.39, 0.29) is 23.5 Å². The number of benzene rings is 3. The maximum absolute atomic E-state index is 13.1. The van der Waals surface area contributed by atoms with Gasteiger partial charge in [-0.3, -0.25) is 4.79 Å². The van der Waals surface area contributed by atoms with Crippen molar-refractivity contribution in [3.63, 3.8) is 0 Å². The normalized spacial score (nSPS) is 12.4. The van der Waals surface area contributed by atoms with Gasteiger partial charge in [-0.2, -0.15) is 0 Å². The molecule has 0 saturated carbocycles. The number of aliphatic carboxylic acids is 1. The van der Waals surface area contributed by atoms with Crippen molar-refractivity contribution < 1.29 is 27.9 Å². The quantitative estimate of drug-likeness (QED) is 0.308. The fraction of sp³-hybridized carbons (Fsp3) is 0.333. The van der Waals surface area contributed by atoms with Gasteiger partial charge < -0.3 is 24.4 Å². The molecule has 37 heavy (non-hydrogen) atoms. The van der Waals surface area contributed by atoms with E-state index in [0.29, 0.717) is 13.0 Å². The molecule has 0 saturated heterocycles. The van der Waals surface area contributed by atoms with E-state index in [9.17, 15) is 18.0 Å². The number of hydrogen-bond acceptors (Lipinski definition) is 7. The summed E-state index contributed by atoms with van der Waals surface area (Å²) in [6.07, 6.45) is 0.163. The summed E-state index contributed by atoms with van der Waals surface area (Å²) < 4.78 is 34.4. The SMILES string of the molecule is CN(C)CCN(C)c1ccc(S(=O)(=O)N[C@H](C=O)CC(=O)O)c(OCCc2ccc3ccccc3c2)c1. The zero-order chi connectivity index (χ0) is 27.0. The van der Waals surface area contributed by atoms with Crippen LogP contribution >= 0.6 is 0 Å². The lowest BCUT2D eigenvalue weighted by Crippen LogP contribution is -2.37. The van der Waals surface area contributed by atoms with Crippen LogP contribution < -0.4 is 14.4 Å². The summed E-state index contributed by atoms with van der Waals surface area (Å²) in [4.78, 5) is 26.2. The molecule has 9 nitrogen and oxygen atoms in total. The highest BCUT2D eigenvalue weighted by Gasteiger charge is 2.26. The zero-order valence-corrected chi connectivity index (χ0v) is 22.1. The molecular formula is C27H33N3O6S. The molecule has 0 amide bonds. The van der Waals surface area contributed by atoms with Crippen LogP contribution in [0.3, 0.4) is 0 Å². The van der Waals surface area contributed by atoms with Crippen molar-refractivity contribution in [3.8, 4) is 5.75 Å². The minimum absolute atomic E-state index is 0.127. The van der Waals surface area contributed by atoms with Gasteiger partial charge in [0.25, 0.3) is 0 Å². The highest BCUT2D eigenvalue weighted by Crippen LogP contribution is 2.30. The molecule has 0 unspecified atom stereocenters. The van der Waals surface area contributed by atoms with Crippen molar-refractivity contribution in [2.24, 2.45) is 0 Å². The summed E-state index contributed by atoms with van der Waals surface area (Å²) in [5.41, 5.74) is 1.81. The Hall–Kier alpha value is -3.47. The lowest BCUT2D eigenvalue weighted by Gasteiger charge is -2.23. The van der Waals surface area contributed by atoms with Gasteiger partial charge in [-0.1, -0.05) is 42.5 Å². The molecule has 0 aromatic heterocycles. The van der Waals surface area contributed by atoms with Crippen LogP contribution in [0.25, 0.3) is 10.8 Å². The van der Waals surface area contributed by atoms with Gasteiger partial charge in [0, 0.05) is 38.3 Å². The largest absolute Gasteiger partial charge is 0.492 e. The average molecular weight is 528 g/mol. The van der Waals surface area contributed by atoms with Gasteiger partial charge in [0.2, 0.25) is 10.0 Å². The van der Waals surface area contributed by atoms with Crippen molar-refractivity contribution in [1.82, 2.24) is 9.62 Å². The van der Waals surface area contributed by atoms with Gasteiger partial charge in [0.1, 0.15) is 16.9 Å². The van der Waals surface area contributed by atoms with Crippen LogP contribution in [0.5, 0.6) is 5.75 Å². The molecule has 0 heterocycles. The smallest absolute Gasteiger partial charge is 0.305 e. The van der Waals surface area contributed by atoms with Crippen molar-refractivity contribution >= 4 is 38.7 Å². The second-order valence-electron chi connectivity index (χ2n) is 9.10. The fourth-order valence-electron chi connectivity index (χ4n) is 3.79. The second-order valence-corrected chi connectivity index (χ2v) is 10.8. The monoisotopic (exact) mass is 527 g/mol. The van der Waals surface area contributed by atoms with E-state index in [4.69, 9.17) is 9.84 Å². The second kappa shape index (κ2) is 12.7. The van der Waals surface area contributed by atoms with E-state index in [1.54, 1.807) is 12.1 Å². The first-order valence-corrected chi connectivity index (χ1v) is 13.4. The highest BCUT2D eigenvalue weighted by atomic mass is 32.2. The van der Waals surface area contributed by atoms with E-state index in [0.717, 1.165) is 28.6 Å². The van der Waals surface area contributed by atoms with Crippen molar-refractivity contribution in [1.29, 1.82) is 0 Å². The predicted octanol–water partition coefficient (Wildman–Crippen LogP) is 2.78. The third-order valence-corrected chi connectivity index (χ3v) is 7.40. The molecule has 0 aliphatic rings. The van der Waals surface area contributed by atoms with Crippen molar-refractivity contribution in [2.45, 2.75) is 23.8 Å². The van der Waals surface area contributed by atoms with Gasteiger partial charge in [-0.25, -0.2) is 13.1 Å². The molecule has 1 atom stereocenters. The topological polar surface area (TPSA) is 116 Å². The molecule has 10 heteroatoms. The molecule has 3 aromatic carbocycles. The molecule has 0 fully saturated rings. The Bertz CT molecular complexity index is 1340. The first-order chi connectivity index (χ1) is 17.6. The summed E-state index contributed by atoms with van der Waals surface area (Å²) in [6.45, 7) is 1.73. The number of nitrogens with one attached hydrogen (secondary N) is 1. The minimum atomic E-state index is -4.24. The summed E-state index contributed by atoms with van der Waals surface area (Å²) in [5, 5.41) is 11.2. The molecule has 198 valence electrons. The van der Waals surface area contributed by atoms with Crippen LogP contribution in [-0.2, 0) is 26.0 Å². The molecule has 3 aromatic rings. The van der Waals surface area contributed by atoms with Crippen LogP contribution in [0.2, 0.25) is 0 Å². The van der Waals surface area contributed by atoms with Gasteiger partial charge >= 0.3 is 5.97 Å². The summed E-state index contributed by atoms with van der Waals surface area (Å²) >= 11 is 0. The Kier molecular flexibility index (Phi) is 9.62. The maximum atomic E-state index is 13.1. The summed E-state index contributed by atoms with van der Waals surface area (Å²) in [7, 11) is 1.60. The lowest BCUT2D eigenvalue weighted by atomic mass is 10.1. The number of carboxylic acids is 1. The van der Waals surface area contributed by atoms with Gasteiger partial charge in [-0.15, -0.1) is 0 Å². The van der Waals surface area contributed by atoms with Gasteiger partial charge in [0.15, 0.2) is 0 Å². The summed E-state index contributed by atoms with van der Waals surface area (Å²) in [6, 6.07) is 17.5. The first-order valence-electron chi connectivity index (χ1n) is 11.9. The minimum Gasteiger partial charge on any atom is -0.492 e. The molecule has 0 aliphatic heterocycles. The number of sulfonamides is 1. The standard InChI is InChI=1S/C27H33N3O6S/c1-29(2)13-14-30(3)24-10-11-26(37(34,35)28-23(19-31)17-27(32)33)25(18-24)36-15-12-20-8-9-21-6-4-5-7-22(21)16-20/h4-11,16,18-19,23,28H,12-15,17H2,1-3H3,(H,32,33)/t23-/m0/s1. The van der Waals surface area contributed by atoms with E-state index in [1.807, 2.05) is 67.3 Å². The Balaban J connectivity index is 1.85. The average Bonchev–Trinajstić information content (AvgIpc) is 2.86. The molecular weight excluding hydrogens is 494 g/mol. The van der Waals surface area contributed by atoms with E-state index >= 15 is 0 Å². The van der Waals surface area contributed by atoms with Crippen LogP contribution in [0.15, 0.2) is 65.6 Å². The molecule has 0 bridgehead atoms. The number of likely N-dealkylation sites (N-methyl/N-ethyl adjacent to an activating group) is 2. The Morgan fingerprint density at radius 3 is 2.43 bits per heavy atom. The molecule has 0 spiro atoms. The molecule has 3 rings (SSSR count). The number of nitrogens with zero attached hydrogens (tertiary/aromatic N) is 2. The number of anilines is 1. The van der Waals surface area contributed by atoms with E-state index in [2.05, 4.69) is 10.8 Å². The number of aldehydes is 1. The zero-order valence-electron chi connectivity index (χ0n) is 21.3. The molecule has 2 N–H and O–H groups in total. The number of rotatable bonds is 14. The van der Waals surface area contributed by atoms with Crippen LogP contribution in [0.1, 0.15) is 12.0 Å². The lowest BCUT2D eigenvalue weighted by molar-refractivity contribution is -0.138. The maximum Gasteiger partial charge on any atom is 0.305 e. The van der Waals surface area contributed by atoms with E-state index < -0.39 is 28.5 Å². The molecule has 0 radical (unpaired) electrons. The number of carboxylic acid groups (broad SMARTS) is 1. The Labute approximate surface area is 217 Å². The Morgan fingerprint density at radius 2 is 1.76 bits per heavy atom. The van der Waals surface area contributed by atoms with Gasteiger partial charge in [-0.05, 0) is 42.6 Å². The van der Waals surface area contributed by atoms with Crippen LogP contribution in [0.4, 0.5) is 5.69 Å². The number of ether oxygens (including phenoxy) is 1. The van der Waals surface area contributed by atoms with Crippen molar-refractivity contribution in [3.05, 3.63) is 66.2 Å². The molecule has 0 aliphatic carbocycles. The predicted molar refractivity (Wildman–Crippen MR) is 144 cm³/mol. The number of fused-ring (bicyclic) bond motifs is 1. The third-order valence-electron chi connectivity index (χ3n) is 5.87. The van der Waals surface area contributed by atoms with Gasteiger partial charge in [0.05, 0.1) is 19.1 Å². The number of carbonyl (C=O) groups excluding carboxylic acids is 1. The number of carbonyl (C=O) groups is 2. The fourth-order valence-corrected chi connectivity index (χ4v) is 5.08. The van der Waals surface area contributed by atoms with Crippen molar-refractivity contribution in [2.75, 3.05) is 45.7 Å². The van der Waals surface area contributed by atoms with Crippen LogP contribution in [0, 0.1) is 0 Å². The summed E-state index contributed by atoms with van der Waals surface area (Å²) in [5.74, 6) is -1.16. The van der Waals surface area contributed by atoms with Crippen LogP contribution in [-0.4, -0.2) is 77.6 Å². The highest BCUT2D eigenvalue weighted by molar-refractivity contribution is 7.89. The first kappa shape index (κ1) is 28.1. The van der Waals surface area contributed by atoms with E-state index in [1.165, 1.54) is 6.07 Å². The third kappa shape index (κ3) is 8.01. The Morgan fingerprint density at radius 1 is 1.03 bits per heavy atom. The number of hydrogen-bond donors (Lipinski definition) is 2.